The van der Waals surface area contributed by atoms with Gasteiger partial charge in [-0.25, -0.2) is 0 Å². The first-order valence-electron chi connectivity index (χ1n) is 9.53. The van der Waals surface area contributed by atoms with Gasteiger partial charge in [0, 0.05) is 37.8 Å². The van der Waals surface area contributed by atoms with E-state index >= 15 is 0 Å². The molecule has 1 aromatic carbocycles. The summed E-state index contributed by atoms with van der Waals surface area (Å²) in [6.07, 6.45) is 1.91. The van der Waals surface area contributed by atoms with Gasteiger partial charge < -0.3 is 9.80 Å². The van der Waals surface area contributed by atoms with Crippen LogP contribution in [0.1, 0.15) is 47.1 Å². The molecule has 0 saturated carbocycles. The fourth-order valence-corrected chi connectivity index (χ4v) is 2.60. The molecule has 3 rings (SSSR count). The van der Waals surface area contributed by atoms with Crippen molar-refractivity contribution in [1.82, 2.24) is 9.88 Å². The monoisotopic (exact) mass is 331 g/mol. The molecular weight excluding hydrogens is 294 g/mol. The van der Waals surface area contributed by atoms with Gasteiger partial charge in [0.1, 0.15) is 0 Å². The number of fused-ring (bicyclic) bond motifs is 1. The van der Waals surface area contributed by atoms with Crippen LogP contribution in [0, 0.1) is 6.92 Å². The predicted molar refractivity (Wildman–Crippen MR) is 110 cm³/mol. The van der Waals surface area contributed by atoms with Crippen LogP contribution in [0.15, 0.2) is 30.5 Å². The number of hydrogen-bond acceptors (Lipinski definition) is 3. The van der Waals surface area contributed by atoms with E-state index in [9.17, 15) is 0 Å². The summed E-state index contributed by atoms with van der Waals surface area (Å²) in [6.45, 7) is 18.6. The largest absolute Gasteiger partial charge is 0.367 e. The van der Waals surface area contributed by atoms with Crippen molar-refractivity contribution in [2.24, 2.45) is 0 Å². The molecule has 1 fully saturated rings. The number of aromatic nitrogens is 1. The zero-order valence-corrected chi connectivity index (χ0v) is 17.1. The van der Waals surface area contributed by atoms with Crippen molar-refractivity contribution in [2.75, 3.05) is 38.1 Å². The third-order valence-corrected chi connectivity index (χ3v) is 3.81. The molecule has 2 aromatic rings. The zero-order valence-electron chi connectivity index (χ0n) is 17.1. The molecule has 1 aromatic heterocycles. The molecular formula is C21H37N3. The van der Waals surface area contributed by atoms with E-state index in [1.165, 1.54) is 16.6 Å². The number of likely N-dealkylation sites (N-methyl/N-ethyl adjacent to an activating group) is 1. The number of anilines is 1. The van der Waals surface area contributed by atoms with Gasteiger partial charge >= 0.3 is 0 Å². The highest BCUT2D eigenvalue weighted by molar-refractivity contribution is 5.92. The minimum atomic E-state index is 1.09. The van der Waals surface area contributed by atoms with Crippen molar-refractivity contribution in [2.45, 2.75) is 48.5 Å². The van der Waals surface area contributed by atoms with Gasteiger partial charge in [0.25, 0.3) is 0 Å². The molecule has 1 saturated heterocycles. The molecule has 2 heterocycles. The van der Waals surface area contributed by atoms with E-state index in [0.717, 1.165) is 31.7 Å². The van der Waals surface area contributed by atoms with Gasteiger partial charge in [-0.15, -0.1) is 0 Å². The molecule has 1 aliphatic heterocycles. The maximum atomic E-state index is 4.58. The molecule has 3 nitrogen and oxygen atoms in total. The van der Waals surface area contributed by atoms with Crippen LogP contribution in [-0.4, -0.2) is 43.1 Å². The Morgan fingerprint density at radius 1 is 0.833 bits per heavy atom. The van der Waals surface area contributed by atoms with E-state index < -0.39 is 0 Å². The molecule has 3 heteroatoms. The van der Waals surface area contributed by atoms with Crippen LogP contribution in [0.4, 0.5) is 5.69 Å². The molecule has 0 aliphatic carbocycles. The molecule has 1 aliphatic rings. The molecule has 0 atom stereocenters. The quantitative estimate of drug-likeness (QED) is 0.700. The normalized spacial score (nSPS) is 13.8. The second-order valence-corrected chi connectivity index (χ2v) is 5.09. The Bertz CT molecular complexity index is 558. The van der Waals surface area contributed by atoms with E-state index in [4.69, 9.17) is 0 Å². The third kappa shape index (κ3) is 5.79. The second-order valence-electron chi connectivity index (χ2n) is 5.09. The number of rotatable bonds is 1. The van der Waals surface area contributed by atoms with Crippen LogP contribution in [0.25, 0.3) is 10.9 Å². The highest BCUT2D eigenvalue weighted by Crippen LogP contribution is 2.27. The molecule has 0 N–H and O–H groups in total. The van der Waals surface area contributed by atoms with Crippen LogP contribution >= 0.6 is 0 Å². The van der Waals surface area contributed by atoms with Gasteiger partial charge in [0.2, 0.25) is 0 Å². The fraction of sp³-hybridized carbons (Fsp3) is 0.571. The van der Waals surface area contributed by atoms with Gasteiger partial charge in [-0.05, 0) is 31.7 Å². The van der Waals surface area contributed by atoms with Gasteiger partial charge in [-0.1, -0.05) is 53.7 Å². The van der Waals surface area contributed by atoms with Gasteiger partial charge in [0.05, 0.1) is 11.2 Å². The Morgan fingerprint density at radius 3 is 2.00 bits per heavy atom. The molecule has 136 valence electrons. The van der Waals surface area contributed by atoms with Crippen molar-refractivity contribution in [3.05, 3.63) is 36.0 Å². The van der Waals surface area contributed by atoms with Crippen LogP contribution < -0.4 is 4.90 Å². The number of piperazine rings is 1. The number of benzene rings is 1. The lowest BCUT2D eigenvalue weighted by Crippen LogP contribution is -2.44. The SMILES string of the molecule is CC.CC.CC.Cc1ccnc2c(N3CCN(C)CC3)cccc12. The average molecular weight is 332 g/mol. The minimum absolute atomic E-state index is 1.09. The molecule has 24 heavy (non-hydrogen) atoms. The van der Waals surface area contributed by atoms with Crippen molar-refractivity contribution in [3.63, 3.8) is 0 Å². The smallest absolute Gasteiger partial charge is 0.0937 e. The number of aryl methyl sites for hydroxylation is 1. The van der Waals surface area contributed by atoms with E-state index in [1.54, 1.807) is 0 Å². The summed E-state index contributed by atoms with van der Waals surface area (Å²) in [7, 11) is 2.18. The summed E-state index contributed by atoms with van der Waals surface area (Å²) in [5.74, 6) is 0. The van der Waals surface area contributed by atoms with E-state index in [1.807, 2.05) is 47.7 Å². The predicted octanol–water partition coefficient (Wildman–Crippen LogP) is 5.37. The molecule has 0 bridgehead atoms. The standard InChI is InChI=1S/C15H19N3.3C2H6/c1-12-6-7-16-15-13(12)4-3-5-14(15)18-10-8-17(2)9-11-18;3*1-2/h3-7H,8-11H2,1-2H3;3*1-2H3. The first kappa shape index (κ1) is 22.4. The Hall–Kier alpha value is -1.61. The highest BCUT2D eigenvalue weighted by Gasteiger charge is 2.16. The molecule has 0 radical (unpaired) electrons. The Labute approximate surface area is 149 Å². The lowest BCUT2D eigenvalue weighted by molar-refractivity contribution is 0.313. The van der Waals surface area contributed by atoms with Crippen molar-refractivity contribution >= 4 is 16.6 Å². The topological polar surface area (TPSA) is 19.4 Å². The van der Waals surface area contributed by atoms with Gasteiger partial charge in [0.15, 0.2) is 0 Å². The van der Waals surface area contributed by atoms with Crippen LogP contribution in [0.2, 0.25) is 0 Å². The number of pyridine rings is 1. The van der Waals surface area contributed by atoms with E-state index in [-0.39, 0.29) is 0 Å². The maximum Gasteiger partial charge on any atom is 0.0937 e. The van der Waals surface area contributed by atoms with Gasteiger partial charge in [-0.2, -0.15) is 0 Å². The van der Waals surface area contributed by atoms with E-state index in [0.29, 0.717) is 0 Å². The van der Waals surface area contributed by atoms with E-state index in [2.05, 4.69) is 53.0 Å². The summed E-state index contributed by atoms with van der Waals surface area (Å²) < 4.78 is 0. The summed E-state index contributed by atoms with van der Waals surface area (Å²) in [5.41, 5.74) is 3.72. The number of nitrogens with zero attached hydrogens (tertiary/aromatic N) is 3. The first-order valence-corrected chi connectivity index (χ1v) is 9.53. The Balaban J connectivity index is 0.000000798. The Morgan fingerprint density at radius 2 is 1.42 bits per heavy atom. The fourth-order valence-electron chi connectivity index (χ4n) is 2.60. The summed E-state index contributed by atoms with van der Waals surface area (Å²) in [6, 6.07) is 8.58. The maximum absolute atomic E-state index is 4.58. The average Bonchev–Trinajstić information content (AvgIpc) is 2.67. The van der Waals surface area contributed by atoms with Crippen molar-refractivity contribution in [1.29, 1.82) is 0 Å². The number of hydrogen-bond donors (Lipinski definition) is 0. The lowest BCUT2D eigenvalue weighted by Gasteiger charge is -2.34. The van der Waals surface area contributed by atoms with Crippen molar-refractivity contribution < 1.29 is 0 Å². The van der Waals surface area contributed by atoms with Crippen LogP contribution in [0.5, 0.6) is 0 Å². The lowest BCUT2D eigenvalue weighted by atomic mass is 10.1. The minimum Gasteiger partial charge on any atom is -0.367 e. The van der Waals surface area contributed by atoms with Crippen molar-refractivity contribution in [3.8, 4) is 0 Å². The second kappa shape index (κ2) is 12.8. The summed E-state index contributed by atoms with van der Waals surface area (Å²) in [4.78, 5) is 9.41. The number of para-hydroxylation sites is 1. The van der Waals surface area contributed by atoms with Gasteiger partial charge in [-0.3, -0.25) is 4.98 Å². The molecule has 0 spiro atoms. The highest BCUT2D eigenvalue weighted by atomic mass is 15.2. The Kier molecular flexibility index (Phi) is 11.9. The van der Waals surface area contributed by atoms with Crippen LogP contribution in [0.3, 0.4) is 0 Å². The molecule has 0 unspecified atom stereocenters. The summed E-state index contributed by atoms with van der Waals surface area (Å²) in [5, 5.41) is 1.27. The first-order chi connectivity index (χ1) is 11.8. The third-order valence-electron chi connectivity index (χ3n) is 3.81. The zero-order chi connectivity index (χ0) is 18.5. The van der Waals surface area contributed by atoms with Crippen LogP contribution in [-0.2, 0) is 0 Å². The summed E-state index contributed by atoms with van der Waals surface area (Å²) >= 11 is 0. The molecule has 0 amide bonds.